The molecule has 0 unspecified atom stereocenters. The van der Waals surface area contributed by atoms with Crippen molar-refractivity contribution in [1.82, 2.24) is 0 Å². The number of esters is 1. The van der Waals surface area contributed by atoms with Gasteiger partial charge in [0, 0.05) is 37.0 Å². The van der Waals surface area contributed by atoms with Crippen LogP contribution >= 0.6 is 0 Å². The van der Waals surface area contributed by atoms with Crippen LogP contribution in [0, 0.1) is 22.7 Å². The second-order valence-corrected chi connectivity index (χ2v) is 10.1. The fourth-order valence-corrected chi connectivity index (χ4v) is 6.37. The highest BCUT2D eigenvalue weighted by molar-refractivity contribution is 5.91. The molecule has 3 aliphatic carbocycles. The van der Waals surface area contributed by atoms with Crippen LogP contribution in [0.3, 0.4) is 0 Å². The summed E-state index contributed by atoms with van der Waals surface area (Å²) in [6.45, 7) is 10.6. The molecular formula is C23H32O6. The molecule has 160 valence electrons. The van der Waals surface area contributed by atoms with Gasteiger partial charge in [-0.3, -0.25) is 9.59 Å². The quantitative estimate of drug-likeness (QED) is 0.575. The summed E-state index contributed by atoms with van der Waals surface area (Å²) in [5.74, 6) is -1.66. The van der Waals surface area contributed by atoms with E-state index in [9.17, 15) is 14.7 Å². The van der Waals surface area contributed by atoms with Crippen LogP contribution in [0.2, 0.25) is 0 Å². The summed E-state index contributed by atoms with van der Waals surface area (Å²) in [7, 11) is 0. The van der Waals surface area contributed by atoms with Crippen LogP contribution in [0.1, 0.15) is 53.9 Å². The maximum atomic E-state index is 12.3. The number of hydrogen-bond donors (Lipinski definition) is 1. The summed E-state index contributed by atoms with van der Waals surface area (Å²) in [6, 6.07) is 0. The minimum absolute atomic E-state index is 0.00148. The van der Waals surface area contributed by atoms with Gasteiger partial charge in [-0.25, -0.2) is 0 Å². The zero-order chi connectivity index (χ0) is 21.2. The molecule has 1 aliphatic heterocycles. The number of hydrogen-bond acceptors (Lipinski definition) is 6. The highest BCUT2D eigenvalue weighted by atomic mass is 16.7. The largest absolute Gasteiger partial charge is 0.461 e. The summed E-state index contributed by atoms with van der Waals surface area (Å²) < 4.78 is 17.3. The molecule has 0 bridgehead atoms. The second kappa shape index (κ2) is 6.50. The smallest absolute Gasteiger partial charge is 0.302 e. The van der Waals surface area contributed by atoms with Crippen LogP contribution in [0.25, 0.3) is 0 Å². The fraction of sp³-hybridized carbons (Fsp3) is 0.739. The Balaban J connectivity index is 1.79. The SMILES string of the molecule is CC(=O)O[C@H]1[C@H]2CC(C)(C)/C(=C/CC3(C)OCCO3)[C@@]2(O)[C@H]2CC(=O)C=C[C@@]12C. The molecule has 29 heavy (non-hydrogen) atoms. The summed E-state index contributed by atoms with van der Waals surface area (Å²) >= 11 is 0. The molecule has 4 rings (SSSR count). The minimum Gasteiger partial charge on any atom is -0.461 e. The van der Waals surface area contributed by atoms with Gasteiger partial charge in [-0.1, -0.05) is 32.9 Å². The van der Waals surface area contributed by atoms with Gasteiger partial charge in [0.2, 0.25) is 0 Å². The van der Waals surface area contributed by atoms with Gasteiger partial charge in [-0.2, -0.15) is 0 Å². The normalized spacial score (nSPS) is 43.4. The molecule has 6 nitrogen and oxygen atoms in total. The standard InChI is InChI=1S/C23H32O6/c1-14(24)29-19-16-13-20(2,3)17(7-9-22(5)27-10-11-28-22)23(16,26)18-12-15(25)6-8-21(18,19)4/h6-8,16,18-19,26H,9-13H2,1-5H3/b17-7-/t16-,18+,19+,21-,23-/m1/s1. The van der Waals surface area contributed by atoms with Crippen LogP contribution in [0.4, 0.5) is 0 Å². The van der Waals surface area contributed by atoms with Crippen molar-refractivity contribution in [2.45, 2.75) is 71.4 Å². The Morgan fingerprint density at radius 2 is 1.93 bits per heavy atom. The topological polar surface area (TPSA) is 82.1 Å². The molecule has 0 aromatic rings. The van der Waals surface area contributed by atoms with Crippen molar-refractivity contribution >= 4 is 11.8 Å². The van der Waals surface area contributed by atoms with E-state index in [0.29, 0.717) is 26.1 Å². The molecule has 4 aliphatic rings. The van der Waals surface area contributed by atoms with Crippen molar-refractivity contribution in [3.8, 4) is 0 Å². The van der Waals surface area contributed by atoms with E-state index in [-0.39, 0.29) is 35.4 Å². The molecule has 6 heteroatoms. The Labute approximate surface area is 172 Å². The maximum absolute atomic E-state index is 12.3. The van der Waals surface area contributed by atoms with Crippen molar-refractivity contribution < 1.29 is 28.9 Å². The van der Waals surface area contributed by atoms with E-state index in [1.165, 1.54) is 6.92 Å². The number of carbonyl (C=O) groups is 2. The Morgan fingerprint density at radius 3 is 2.55 bits per heavy atom. The Bertz CT molecular complexity index is 789. The lowest BCUT2D eigenvalue weighted by Crippen LogP contribution is -2.45. The van der Waals surface area contributed by atoms with Crippen molar-refractivity contribution in [1.29, 1.82) is 0 Å². The number of allylic oxidation sites excluding steroid dienone is 1. The molecule has 0 radical (unpaired) electrons. The van der Waals surface area contributed by atoms with Gasteiger partial charge >= 0.3 is 5.97 Å². The van der Waals surface area contributed by atoms with E-state index in [1.54, 1.807) is 6.08 Å². The van der Waals surface area contributed by atoms with Crippen LogP contribution in [0.5, 0.6) is 0 Å². The molecule has 0 amide bonds. The maximum Gasteiger partial charge on any atom is 0.302 e. The van der Waals surface area contributed by atoms with E-state index in [0.717, 1.165) is 5.57 Å². The summed E-state index contributed by atoms with van der Waals surface area (Å²) in [5.41, 5.74) is -1.19. The monoisotopic (exact) mass is 404 g/mol. The number of aliphatic hydroxyl groups is 1. The third kappa shape index (κ3) is 3.03. The Morgan fingerprint density at radius 1 is 1.28 bits per heavy atom. The van der Waals surface area contributed by atoms with Gasteiger partial charge in [0.05, 0.1) is 18.8 Å². The van der Waals surface area contributed by atoms with E-state index < -0.39 is 22.9 Å². The first-order valence-corrected chi connectivity index (χ1v) is 10.5. The van der Waals surface area contributed by atoms with E-state index in [4.69, 9.17) is 14.2 Å². The molecule has 2 saturated carbocycles. The lowest BCUT2D eigenvalue weighted by atomic mass is 9.65. The van der Waals surface area contributed by atoms with Crippen molar-refractivity contribution in [3.05, 3.63) is 23.8 Å². The zero-order valence-corrected chi connectivity index (χ0v) is 18.0. The molecule has 0 aromatic carbocycles. The van der Waals surface area contributed by atoms with E-state index >= 15 is 0 Å². The first-order valence-electron chi connectivity index (χ1n) is 10.5. The Hall–Kier alpha value is -1.50. The van der Waals surface area contributed by atoms with Gasteiger partial charge in [0.15, 0.2) is 11.6 Å². The predicted octanol–water partition coefficient (Wildman–Crippen LogP) is 2.94. The molecule has 1 saturated heterocycles. The van der Waals surface area contributed by atoms with Crippen LogP contribution in [-0.4, -0.2) is 47.6 Å². The molecular weight excluding hydrogens is 372 g/mol. The van der Waals surface area contributed by atoms with Crippen LogP contribution < -0.4 is 0 Å². The van der Waals surface area contributed by atoms with Gasteiger partial charge in [0.25, 0.3) is 0 Å². The minimum atomic E-state index is -1.21. The molecule has 3 fully saturated rings. The van der Waals surface area contributed by atoms with Crippen molar-refractivity contribution in [2.24, 2.45) is 22.7 Å². The summed E-state index contributed by atoms with van der Waals surface area (Å²) in [6.07, 6.45) is 6.45. The van der Waals surface area contributed by atoms with Crippen molar-refractivity contribution in [3.63, 3.8) is 0 Å². The predicted molar refractivity (Wildman–Crippen MR) is 106 cm³/mol. The lowest BCUT2D eigenvalue weighted by molar-refractivity contribution is -0.154. The Kier molecular flexibility index (Phi) is 4.65. The molecule has 1 N–H and O–H groups in total. The summed E-state index contributed by atoms with van der Waals surface area (Å²) in [5, 5.41) is 12.2. The van der Waals surface area contributed by atoms with Crippen molar-refractivity contribution in [2.75, 3.05) is 13.2 Å². The molecule has 0 aromatic heterocycles. The first kappa shape index (κ1) is 20.8. The van der Waals surface area contributed by atoms with E-state index in [2.05, 4.69) is 13.8 Å². The van der Waals surface area contributed by atoms with Crippen LogP contribution in [0.15, 0.2) is 23.8 Å². The number of carbonyl (C=O) groups excluding carboxylic acids is 2. The van der Waals surface area contributed by atoms with Gasteiger partial charge in [-0.05, 0) is 30.4 Å². The average Bonchev–Trinajstić information content (AvgIpc) is 3.18. The van der Waals surface area contributed by atoms with Gasteiger partial charge in [-0.15, -0.1) is 0 Å². The average molecular weight is 405 g/mol. The molecule has 5 atom stereocenters. The number of ether oxygens (including phenoxy) is 3. The first-order chi connectivity index (χ1) is 13.4. The molecule has 1 heterocycles. The third-order valence-electron chi connectivity index (χ3n) is 7.62. The fourth-order valence-electron chi connectivity index (χ4n) is 6.37. The highest BCUT2D eigenvalue weighted by Gasteiger charge is 2.72. The van der Waals surface area contributed by atoms with Gasteiger partial charge in [0.1, 0.15) is 6.10 Å². The number of fused-ring (bicyclic) bond motifs is 3. The number of rotatable bonds is 3. The van der Waals surface area contributed by atoms with Crippen LogP contribution in [-0.2, 0) is 23.8 Å². The zero-order valence-electron chi connectivity index (χ0n) is 18.0. The summed E-state index contributed by atoms with van der Waals surface area (Å²) in [4.78, 5) is 24.2. The number of ketones is 1. The highest BCUT2D eigenvalue weighted by Crippen LogP contribution is 2.68. The second-order valence-electron chi connectivity index (χ2n) is 10.1. The lowest BCUT2D eigenvalue weighted by Gasteiger charge is -2.42. The van der Waals surface area contributed by atoms with Gasteiger partial charge < -0.3 is 19.3 Å². The van der Waals surface area contributed by atoms with E-state index in [1.807, 2.05) is 26.0 Å². The molecule has 0 spiro atoms. The third-order valence-corrected chi connectivity index (χ3v) is 7.62.